The van der Waals surface area contributed by atoms with Crippen molar-refractivity contribution in [2.75, 3.05) is 13.1 Å². The van der Waals surface area contributed by atoms with Crippen molar-refractivity contribution in [1.29, 1.82) is 0 Å². The third kappa shape index (κ3) is 4.69. The number of hydrogen-bond acceptors (Lipinski definition) is 4. The van der Waals surface area contributed by atoms with Crippen molar-refractivity contribution in [1.82, 2.24) is 15.2 Å². The third-order valence-electron chi connectivity index (χ3n) is 5.22. The van der Waals surface area contributed by atoms with E-state index in [1.807, 2.05) is 18.7 Å². The summed E-state index contributed by atoms with van der Waals surface area (Å²) in [5.41, 5.74) is 1.76. The molecule has 1 aromatic heterocycles. The van der Waals surface area contributed by atoms with Crippen LogP contribution in [0.3, 0.4) is 0 Å². The van der Waals surface area contributed by atoms with Crippen LogP contribution in [0.15, 0.2) is 16.1 Å². The molecule has 0 spiro atoms. The Labute approximate surface area is 148 Å². The van der Waals surface area contributed by atoms with Gasteiger partial charge >= 0.3 is 0 Å². The highest BCUT2D eigenvalue weighted by Crippen LogP contribution is 2.23. The van der Waals surface area contributed by atoms with Gasteiger partial charge in [-0.05, 0) is 46.0 Å². The van der Waals surface area contributed by atoms with E-state index in [2.05, 4.69) is 16.4 Å². The number of hydrogen-bond donors (Lipinski definition) is 1. The van der Waals surface area contributed by atoms with Gasteiger partial charge in [-0.25, -0.2) is 9.37 Å². The van der Waals surface area contributed by atoms with Crippen molar-refractivity contribution >= 4 is 5.91 Å². The van der Waals surface area contributed by atoms with Crippen LogP contribution in [0.5, 0.6) is 0 Å². The SMILES string of the molecule is Cc1nc(CN2C[C@@H](F)C[C@H]2CNC(=O)C2=CCCCCC2)oc1C. The number of oxazole rings is 1. The fourth-order valence-corrected chi connectivity index (χ4v) is 3.65. The van der Waals surface area contributed by atoms with Crippen molar-refractivity contribution in [2.24, 2.45) is 0 Å². The highest BCUT2D eigenvalue weighted by molar-refractivity contribution is 5.93. The number of likely N-dealkylation sites (tertiary alicyclic amines) is 1. The summed E-state index contributed by atoms with van der Waals surface area (Å²) in [6, 6.07) is -0.0159. The second-order valence-electron chi connectivity index (χ2n) is 7.20. The number of carbonyl (C=O) groups excluding carboxylic acids is 1. The predicted molar refractivity (Wildman–Crippen MR) is 93.9 cm³/mol. The average Bonchev–Trinajstić information content (AvgIpc) is 2.95. The van der Waals surface area contributed by atoms with Crippen molar-refractivity contribution < 1.29 is 13.6 Å². The maximum Gasteiger partial charge on any atom is 0.246 e. The minimum Gasteiger partial charge on any atom is -0.444 e. The van der Waals surface area contributed by atoms with Crippen LogP contribution < -0.4 is 5.32 Å². The molecule has 6 heteroatoms. The number of aromatic nitrogens is 1. The molecular formula is C19H28FN3O2. The van der Waals surface area contributed by atoms with Crippen LogP contribution in [0.25, 0.3) is 0 Å². The average molecular weight is 349 g/mol. The number of nitrogens with one attached hydrogen (secondary N) is 1. The van der Waals surface area contributed by atoms with Gasteiger partial charge in [0.05, 0.1) is 12.2 Å². The number of amides is 1. The lowest BCUT2D eigenvalue weighted by atomic mass is 10.1. The zero-order valence-corrected chi connectivity index (χ0v) is 15.2. The lowest BCUT2D eigenvalue weighted by molar-refractivity contribution is -0.117. The second-order valence-corrected chi connectivity index (χ2v) is 7.20. The van der Waals surface area contributed by atoms with Crippen molar-refractivity contribution in [3.05, 3.63) is 29.0 Å². The fourth-order valence-electron chi connectivity index (χ4n) is 3.65. The highest BCUT2D eigenvalue weighted by atomic mass is 19.1. The van der Waals surface area contributed by atoms with E-state index in [9.17, 15) is 9.18 Å². The summed E-state index contributed by atoms with van der Waals surface area (Å²) in [4.78, 5) is 18.8. The van der Waals surface area contributed by atoms with Gasteiger partial charge in [0.1, 0.15) is 11.9 Å². The quantitative estimate of drug-likeness (QED) is 0.887. The van der Waals surface area contributed by atoms with Crippen LogP contribution in [0.1, 0.15) is 55.9 Å². The molecule has 0 unspecified atom stereocenters. The van der Waals surface area contributed by atoms with E-state index in [0.29, 0.717) is 31.9 Å². The van der Waals surface area contributed by atoms with Gasteiger partial charge in [0, 0.05) is 24.7 Å². The normalized spacial score (nSPS) is 24.8. The predicted octanol–water partition coefficient (Wildman–Crippen LogP) is 3.21. The Bertz CT molecular complexity index is 621. The molecule has 1 saturated heterocycles. The summed E-state index contributed by atoms with van der Waals surface area (Å²) in [5.74, 6) is 1.43. The first-order chi connectivity index (χ1) is 12.0. The molecule has 25 heavy (non-hydrogen) atoms. The maximum absolute atomic E-state index is 13.9. The summed E-state index contributed by atoms with van der Waals surface area (Å²) < 4.78 is 19.5. The van der Waals surface area contributed by atoms with E-state index in [-0.39, 0.29) is 11.9 Å². The van der Waals surface area contributed by atoms with Crippen LogP contribution in [-0.4, -0.2) is 41.1 Å². The first-order valence-corrected chi connectivity index (χ1v) is 9.31. The lowest BCUT2D eigenvalue weighted by Gasteiger charge is -2.23. The largest absolute Gasteiger partial charge is 0.444 e. The maximum atomic E-state index is 13.9. The molecule has 5 nitrogen and oxygen atoms in total. The smallest absolute Gasteiger partial charge is 0.246 e. The first-order valence-electron chi connectivity index (χ1n) is 9.31. The van der Waals surface area contributed by atoms with E-state index < -0.39 is 6.17 Å². The molecule has 0 bridgehead atoms. The van der Waals surface area contributed by atoms with Crippen molar-refractivity contribution in [3.63, 3.8) is 0 Å². The monoisotopic (exact) mass is 349 g/mol. The number of allylic oxidation sites excluding steroid dienone is 1. The molecule has 1 amide bonds. The van der Waals surface area contributed by atoms with Crippen LogP contribution in [0.2, 0.25) is 0 Å². The molecule has 1 aliphatic carbocycles. The number of nitrogens with zero attached hydrogens (tertiary/aromatic N) is 2. The minimum atomic E-state index is -0.865. The molecule has 2 heterocycles. The molecule has 1 N–H and O–H groups in total. The Kier molecular flexibility index (Phi) is 5.89. The summed E-state index contributed by atoms with van der Waals surface area (Å²) in [5, 5.41) is 3.01. The number of alkyl halides is 1. The summed E-state index contributed by atoms with van der Waals surface area (Å²) in [6.45, 7) is 5.10. The van der Waals surface area contributed by atoms with Crippen LogP contribution in [0, 0.1) is 13.8 Å². The lowest BCUT2D eigenvalue weighted by Crippen LogP contribution is -2.40. The summed E-state index contributed by atoms with van der Waals surface area (Å²) in [7, 11) is 0. The molecule has 0 saturated carbocycles. The number of rotatable bonds is 5. The van der Waals surface area contributed by atoms with Crippen molar-refractivity contribution in [3.8, 4) is 0 Å². The van der Waals surface area contributed by atoms with Gasteiger partial charge < -0.3 is 9.73 Å². The number of aryl methyl sites for hydroxylation is 2. The van der Waals surface area contributed by atoms with E-state index in [0.717, 1.165) is 42.7 Å². The molecule has 2 aliphatic rings. The molecule has 2 atom stereocenters. The van der Waals surface area contributed by atoms with Gasteiger partial charge in [0.15, 0.2) is 0 Å². The molecule has 1 aliphatic heterocycles. The molecule has 0 aromatic carbocycles. The van der Waals surface area contributed by atoms with E-state index in [4.69, 9.17) is 4.42 Å². The van der Waals surface area contributed by atoms with Gasteiger partial charge in [-0.1, -0.05) is 12.5 Å². The molecule has 1 aromatic rings. The Balaban J connectivity index is 1.56. The van der Waals surface area contributed by atoms with Crippen LogP contribution in [-0.2, 0) is 11.3 Å². The Morgan fingerprint density at radius 2 is 2.24 bits per heavy atom. The van der Waals surface area contributed by atoms with Gasteiger partial charge in [-0.3, -0.25) is 9.69 Å². The zero-order valence-electron chi connectivity index (χ0n) is 15.2. The number of carbonyl (C=O) groups is 1. The van der Waals surface area contributed by atoms with E-state index >= 15 is 0 Å². The summed E-state index contributed by atoms with van der Waals surface area (Å²) >= 11 is 0. The van der Waals surface area contributed by atoms with Crippen LogP contribution in [0.4, 0.5) is 4.39 Å². The topological polar surface area (TPSA) is 58.4 Å². The molecule has 1 fully saturated rings. The Morgan fingerprint density at radius 1 is 1.40 bits per heavy atom. The Morgan fingerprint density at radius 3 is 3.00 bits per heavy atom. The number of halogens is 1. The van der Waals surface area contributed by atoms with Gasteiger partial charge in [0.25, 0.3) is 0 Å². The zero-order chi connectivity index (χ0) is 17.8. The molecule has 3 rings (SSSR count). The highest BCUT2D eigenvalue weighted by Gasteiger charge is 2.33. The van der Waals surface area contributed by atoms with Crippen molar-refractivity contribution in [2.45, 2.75) is 71.1 Å². The first kappa shape index (κ1) is 18.1. The van der Waals surface area contributed by atoms with Crippen LogP contribution >= 0.6 is 0 Å². The van der Waals surface area contributed by atoms with Gasteiger partial charge in [-0.2, -0.15) is 0 Å². The van der Waals surface area contributed by atoms with E-state index in [1.165, 1.54) is 6.42 Å². The van der Waals surface area contributed by atoms with Gasteiger partial charge in [-0.15, -0.1) is 0 Å². The second kappa shape index (κ2) is 8.13. The standard InChI is InChI=1S/C19H28FN3O2/c1-13-14(2)25-18(22-13)12-23-11-16(20)9-17(23)10-21-19(24)15-7-5-3-4-6-8-15/h7,16-17H,3-6,8-12H2,1-2H3,(H,21,24)/t16-,17-/m0/s1. The molecule has 138 valence electrons. The van der Waals surface area contributed by atoms with E-state index in [1.54, 1.807) is 0 Å². The fraction of sp³-hybridized carbons (Fsp3) is 0.684. The Hall–Kier alpha value is -1.69. The minimum absolute atomic E-state index is 0.00645. The molecular weight excluding hydrogens is 321 g/mol. The van der Waals surface area contributed by atoms with Gasteiger partial charge in [0.2, 0.25) is 11.8 Å². The third-order valence-corrected chi connectivity index (χ3v) is 5.22. The summed E-state index contributed by atoms with van der Waals surface area (Å²) in [6.07, 6.45) is 6.88. The molecule has 0 radical (unpaired) electrons.